The Morgan fingerprint density at radius 3 is 2.65 bits per heavy atom. The number of ether oxygens (including phenoxy) is 1. The highest BCUT2D eigenvalue weighted by Gasteiger charge is 2.42. The van der Waals surface area contributed by atoms with Crippen molar-refractivity contribution in [2.75, 3.05) is 6.61 Å². The Morgan fingerprint density at radius 1 is 1.15 bits per heavy atom. The average molecular weight is 382 g/mol. The van der Waals surface area contributed by atoms with Gasteiger partial charge in [0.1, 0.15) is 12.4 Å². The van der Waals surface area contributed by atoms with Gasteiger partial charge in [-0.2, -0.15) is 0 Å². The summed E-state index contributed by atoms with van der Waals surface area (Å²) in [6, 6.07) is 14.0. The summed E-state index contributed by atoms with van der Waals surface area (Å²) in [5.41, 5.74) is 2.12. The van der Waals surface area contributed by atoms with Gasteiger partial charge in [-0.15, -0.1) is 0 Å². The third-order valence-corrected chi connectivity index (χ3v) is 5.97. The molecule has 1 atom stereocenters. The van der Waals surface area contributed by atoms with Gasteiger partial charge in [0.25, 0.3) is 0 Å². The van der Waals surface area contributed by atoms with Gasteiger partial charge in [0.05, 0.1) is 5.41 Å². The number of para-hydroxylation sites is 1. The summed E-state index contributed by atoms with van der Waals surface area (Å²) in [5.74, 6) is 0.876. The Bertz CT molecular complexity index is 801. The van der Waals surface area contributed by atoms with Gasteiger partial charge < -0.3 is 4.74 Å². The van der Waals surface area contributed by atoms with Gasteiger partial charge in [-0.3, -0.25) is 4.98 Å². The molecule has 0 spiro atoms. The fraction of sp³-hybridized carbons (Fsp3) is 0.318. The van der Waals surface area contributed by atoms with Crippen LogP contribution < -0.4 is 4.74 Å². The summed E-state index contributed by atoms with van der Waals surface area (Å²) in [7, 11) is 0. The van der Waals surface area contributed by atoms with Crippen molar-refractivity contribution in [1.29, 1.82) is 0 Å². The van der Waals surface area contributed by atoms with Gasteiger partial charge in [-0.25, -0.2) is 0 Å². The minimum atomic E-state index is -0.326. The lowest BCUT2D eigenvalue weighted by atomic mass is 9.64. The molecule has 2 nitrogen and oxygen atoms in total. The van der Waals surface area contributed by atoms with Crippen LogP contribution in [0.15, 0.2) is 66.5 Å². The van der Waals surface area contributed by atoms with Crippen molar-refractivity contribution in [1.82, 2.24) is 4.98 Å². The van der Waals surface area contributed by atoms with E-state index in [1.165, 1.54) is 5.57 Å². The van der Waals surface area contributed by atoms with Gasteiger partial charge in [0.15, 0.2) is 0 Å². The van der Waals surface area contributed by atoms with Gasteiger partial charge >= 0.3 is 0 Å². The lowest BCUT2D eigenvalue weighted by Crippen LogP contribution is -2.42. The SMILES string of the molecule is CC(=S)C(=S)C1(c2cccnc2)CCCCC1=CCOc1ccccc1. The first kappa shape index (κ1) is 18.9. The Labute approximate surface area is 166 Å². The standard InChI is InChI=1S/C22H23NOS2/c1-17(25)21(26)22(19-9-7-14-23-16-19)13-6-5-8-18(22)12-15-24-20-10-3-2-4-11-20/h2-4,7,9-12,14,16H,5-6,8,13,15H2,1H3. The van der Waals surface area contributed by atoms with Crippen molar-refractivity contribution in [3.63, 3.8) is 0 Å². The molecule has 0 bridgehead atoms. The number of allylic oxidation sites excluding steroid dienone is 1. The number of pyridine rings is 1. The summed E-state index contributed by atoms with van der Waals surface area (Å²) in [6.07, 6.45) is 10.2. The van der Waals surface area contributed by atoms with Crippen LogP contribution in [0.1, 0.15) is 38.2 Å². The van der Waals surface area contributed by atoms with E-state index in [-0.39, 0.29) is 5.41 Å². The summed E-state index contributed by atoms with van der Waals surface area (Å²) in [6.45, 7) is 2.46. The molecule has 0 amide bonds. The second-order valence-electron chi connectivity index (χ2n) is 6.59. The molecule has 1 aliphatic carbocycles. The van der Waals surface area contributed by atoms with E-state index in [9.17, 15) is 0 Å². The average Bonchev–Trinajstić information content (AvgIpc) is 2.69. The van der Waals surface area contributed by atoms with Crippen LogP contribution in [0.2, 0.25) is 0 Å². The first-order chi connectivity index (χ1) is 12.6. The van der Waals surface area contributed by atoms with E-state index >= 15 is 0 Å². The van der Waals surface area contributed by atoms with Crippen LogP contribution >= 0.6 is 24.4 Å². The highest BCUT2D eigenvalue weighted by atomic mass is 32.1. The second-order valence-corrected chi connectivity index (χ2v) is 7.61. The molecule has 0 N–H and O–H groups in total. The number of rotatable bonds is 6. The van der Waals surface area contributed by atoms with E-state index in [0.717, 1.165) is 46.7 Å². The molecule has 1 unspecified atom stereocenters. The van der Waals surface area contributed by atoms with Crippen molar-refractivity contribution < 1.29 is 4.74 Å². The molecular weight excluding hydrogens is 358 g/mol. The number of thiocarbonyl (C=S) groups is 2. The third-order valence-electron chi connectivity index (χ3n) is 4.98. The van der Waals surface area contributed by atoms with Crippen LogP contribution in [0.4, 0.5) is 0 Å². The van der Waals surface area contributed by atoms with Crippen molar-refractivity contribution in [2.45, 2.75) is 38.0 Å². The quantitative estimate of drug-likeness (QED) is 0.475. The molecule has 1 aliphatic rings. The molecule has 1 fully saturated rings. The minimum absolute atomic E-state index is 0.326. The van der Waals surface area contributed by atoms with Crippen LogP contribution in [0, 0.1) is 0 Å². The van der Waals surface area contributed by atoms with Gasteiger partial charge in [-0.1, -0.05) is 60.7 Å². The second kappa shape index (κ2) is 8.65. The van der Waals surface area contributed by atoms with E-state index in [1.54, 1.807) is 6.20 Å². The predicted molar refractivity (Wildman–Crippen MR) is 115 cm³/mol. The van der Waals surface area contributed by atoms with Crippen molar-refractivity contribution in [2.24, 2.45) is 0 Å². The number of benzene rings is 1. The molecule has 1 aromatic carbocycles. The molecule has 0 saturated heterocycles. The fourth-order valence-corrected chi connectivity index (χ4v) is 4.27. The molecule has 1 saturated carbocycles. The topological polar surface area (TPSA) is 22.1 Å². The molecule has 2 aromatic rings. The predicted octanol–water partition coefficient (Wildman–Crippen LogP) is 5.66. The van der Waals surface area contributed by atoms with Crippen LogP contribution in [0.25, 0.3) is 0 Å². The molecule has 0 radical (unpaired) electrons. The van der Waals surface area contributed by atoms with Crippen LogP contribution in [-0.4, -0.2) is 21.3 Å². The van der Waals surface area contributed by atoms with Crippen molar-refractivity contribution in [3.05, 3.63) is 72.1 Å². The highest BCUT2D eigenvalue weighted by Crippen LogP contribution is 2.45. The number of aromatic nitrogens is 1. The molecule has 0 aliphatic heterocycles. The van der Waals surface area contributed by atoms with Gasteiger partial charge in [0.2, 0.25) is 0 Å². The normalized spacial score (nSPS) is 21.3. The fourth-order valence-electron chi connectivity index (χ4n) is 3.75. The lowest BCUT2D eigenvalue weighted by Gasteiger charge is -2.41. The number of hydrogen-bond donors (Lipinski definition) is 0. The van der Waals surface area contributed by atoms with Gasteiger partial charge in [-0.05, 0) is 56.0 Å². The molecule has 3 rings (SSSR count). The van der Waals surface area contributed by atoms with E-state index < -0.39 is 0 Å². The highest BCUT2D eigenvalue weighted by molar-refractivity contribution is 7.89. The van der Waals surface area contributed by atoms with E-state index in [1.807, 2.05) is 49.5 Å². The van der Waals surface area contributed by atoms with Gasteiger partial charge in [0, 0.05) is 22.1 Å². The Morgan fingerprint density at radius 2 is 1.96 bits per heavy atom. The summed E-state index contributed by atoms with van der Waals surface area (Å²) in [4.78, 5) is 5.99. The number of nitrogens with zero attached hydrogens (tertiary/aromatic N) is 1. The van der Waals surface area contributed by atoms with Crippen LogP contribution in [0.3, 0.4) is 0 Å². The zero-order valence-corrected chi connectivity index (χ0v) is 16.6. The van der Waals surface area contributed by atoms with E-state index in [0.29, 0.717) is 6.61 Å². The molecule has 26 heavy (non-hydrogen) atoms. The minimum Gasteiger partial charge on any atom is -0.490 e. The molecule has 4 heteroatoms. The van der Waals surface area contributed by atoms with Crippen molar-refractivity contribution in [3.8, 4) is 5.75 Å². The lowest BCUT2D eigenvalue weighted by molar-refractivity contribution is 0.357. The molecule has 1 aromatic heterocycles. The largest absolute Gasteiger partial charge is 0.490 e. The Kier molecular flexibility index (Phi) is 6.28. The van der Waals surface area contributed by atoms with E-state index in [4.69, 9.17) is 29.2 Å². The van der Waals surface area contributed by atoms with Crippen LogP contribution in [-0.2, 0) is 5.41 Å². The molecule has 1 heterocycles. The smallest absolute Gasteiger partial charge is 0.119 e. The maximum atomic E-state index is 5.91. The summed E-state index contributed by atoms with van der Waals surface area (Å²) < 4.78 is 5.91. The van der Waals surface area contributed by atoms with Crippen LogP contribution in [0.5, 0.6) is 5.75 Å². The molecule has 134 valence electrons. The third kappa shape index (κ3) is 3.92. The molecular formula is C22H23NOS2. The maximum absolute atomic E-state index is 5.91. The summed E-state index contributed by atoms with van der Waals surface area (Å²) in [5, 5.41) is 0. The maximum Gasteiger partial charge on any atom is 0.119 e. The number of hydrogen-bond acceptors (Lipinski definition) is 4. The van der Waals surface area contributed by atoms with Crippen molar-refractivity contribution >= 4 is 34.2 Å². The Hall–Kier alpha value is -1.91. The monoisotopic (exact) mass is 381 g/mol. The first-order valence-corrected chi connectivity index (χ1v) is 9.79. The first-order valence-electron chi connectivity index (χ1n) is 8.98. The zero-order chi connectivity index (χ0) is 18.4. The Balaban J connectivity index is 1.95. The summed E-state index contributed by atoms with van der Waals surface area (Å²) >= 11 is 11.4. The zero-order valence-electron chi connectivity index (χ0n) is 15.0. The van der Waals surface area contributed by atoms with E-state index in [2.05, 4.69) is 17.1 Å².